The maximum Gasteiger partial charge on any atom is 0.256 e. The number of rotatable bonds is 3. The summed E-state index contributed by atoms with van der Waals surface area (Å²) in [5.74, 6) is -0.787. The van der Waals surface area contributed by atoms with Crippen LogP contribution in [0.25, 0.3) is 0 Å². The Bertz CT molecular complexity index is 364. The van der Waals surface area contributed by atoms with E-state index >= 15 is 0 Å². The molecule has 0 aliphatic heterocycles. The summed E-state index contributed by atoms with van der Waals surface area (Å²) >= 11 is 4.00. The van der Waals surface area contributed by atoms with E-state index in [0.717, 1.165) is 0 Å². The second-order valence-corrected chi connectivity index (χ2v) is 3.66. The summed E-state index contributed by atoms with van der Waals surface area (Å²) < 4.78 is 13.4. The third kappa shape index (κ3) is 2.72. The molecule has 0 heterocycles. The highest BCUT2D eigenvalue weighted by atomic mass is 32.1. The Kier molecular flexibility index (Phi) is 4.15. The van der Waals surface area contributed by atoms with Gasteiger partial charge in [-0.3, -0.25) is 4.79 Å². The highest BCUT2D eigenvalue weighted by Crippen LogP contribution is 2.15. The Hall–Kier alpha value is -1.03. The summed E-state index contributed by atoms with van der Waals surface area (Å²) in [7, 11) is 0. The first-order chi connectivity index (χ1) is 7.10. The number of halogens is 1. The topological polar surface area (TPSA) is 20.3 Å². The van der Waals surface area contributed by atoms with Gasteiger partial charge in [0.05, 0.1) is 5.56 Å². The lowest BCUT2D eigenvalue weighted by molar-refractivity contribution is 0.0768. The van der Waals surface area contributed by atoms with Crippen molar-refractivity contribution in [3.8, 4) is 0 Å². The van der Waals surface area contributed by atoms with Crippen molar-refractivity contribution in [3.63, 3.8) is 0 Å². The zero-order valence-corrected chi connectivity index (χ0v) is 9.72. The van der Waals surface area contributed by atoms with Crippen LogP contribution in [0.1, 0.15) is 24.2 Å². The quantitative estimate of drug-likeness (QED) is 0.787. The third-order valence-electron chi connectivity index (χ3n) is 2.23. The summed E-state index contributed by atoms with van der Waals surface area (Å²) in [4.78, 5) is 13.9. The van der Waals surface area contributed by atoms with Gasteiger partial charge in [0.2, 0.25) is 0 Å². The first kappa shape index (κ1) is 12.0. The molecule has 0 aliphatic carbocycles. The maximum atomic E-state index is 13.4. The minimum Gasteiger partial charge on any atom is -0.339 e. The third-order valence-corrected chi connectivity index (χ3v) is 2.51. The van der Waals surface area contributed by atoms with Crippen LogP contribution in [-0.4, -0.2) is 23.9 Å². The van der Waals surface area contributed by atoms with Crippen LogP contribution in [0.4, 0.5) is 4.39 Å². The van der Waals surface area contributed by atoms with Gasteiger partial charge >= 0.3 is 0 Å². The second kappa shape index (κ2) is 5.16. The monoisotopic (exact) mass is 227 g/mol. The molecule has 0 unspecified atom stereocenters. The molecule has 15 heavy (non-hydrogen) atoms. The van der Waals surface area contributed by atoms with Crippen molar-refractivity contribution < 1.29 is 9.18 Å². The van der Waals surface area contributed by atoms with Crippen molar-refractivity contribution in [3.05, 3.63) is 29.6 Å². The van der Waals surface area contributed by atoms with Gasteiger partial charge in [-0.2, -0.15) is 0 Å². The lowest BCUT2D eigenvalue weighted by atomic mass is 10.2. The number of nitrogens with zero attached hydrogens (tertiary/aromatic N) is 1. The van der Waals surface area contributed by atoms with Gasteiger partial charge in [-0.05, 0) is 32.0 Å². The van der Waals surface area contributed by atoms with Crippen LogP contribution in [0.2, 0.25) is 0 Å². The molecule has 1 aromatic carbocycles. The molecule has 1 rings (SSSR count). The summed E-state index contributed by atoms with van der Waals surface area (Å²) in [6.07, 6.45) is 0. The summed E-state index contributed by atoms with van der Waals surface area (Å²) in [6, 6.07) is 4.33. The van der Waals surface area contributed by atoms with Crippen molar-refractivity contribution in [2.45, 2.75) is 18.7 Å². The van der Waals surface area contributed by atoms with Crippen LogP contribution in [-0.2, 0) is 0 Å². The molecular formula is C11H14FNOS. The van der Waals surface area contributed by atoms with E-state index in [4.69, 9.17) is 0 Å². The van der Waals surface area contributed by atoms with E-state index in [1.165, 1.54) is 12.1 Å². The van der Waals surface area contributed by atoms with E-state index in [-0.39, 0.29) is 11.5 Å². The van der Waals surface area contributed by atoms with Gasteiger partial charge in [-0.25, -0.2) is 4.39 Å². The molecule has 0 bridgehead atoms. The fraction of sp³-hybridized carbons (Fsp3) is 0.364. The standard InChI is InChI=1S/C11H14FNOS/c1-3-13(4-2)11(14)9-6-5-8(15)7-10(9)12/h5-7,15H,3-4H2,1-2H3. The van der Waals surface area contributed by atoms with E-state index in [0.29, 0.717) is 18.0 Å². The molecule has 82 valence electrons. The highest BCUT2D eigenvalue weighted by Gasteiger charge is 2.16. The smallest absolute Gasteiger partial charge is 0.256 e. The summed E-state index contributed by atoms with van der Waals surface area (Å²) in [5, 5.41) is 0. The minimum absolute atomic E-state index is 0.108. The van der Waals surface area contributed by atoms with Gasteiger partial charge in [0, 0.05) is 18.0 Å². The van der Waals surface area contributed by atoms with Crippen LogP contribution in [0.3, 0.4) is 0 Å². The first-order valence-corrected chi connectivity index (χ1v) is 5.32. The van der Waals surface area contributed by atoms with Crippen LogP contribution >= 0.6 is 12.6 Å². The molecule has 0 radical (unpaired) electrons. The minimum atomic E-state index is -0.514. The maximum absolute atomic E-state index is 13.4. The second-order valence-electron chi connectivity index (χ2n) is 3.14. The number of benzene rings is 1. The average molecular weight is 227 g/mol. The lowest BCUT2D eigenvalue weighted by Gasteiger charge is -2.18. The molecule has 1 aromatic rings. The summed E-state index contributed by atoms with van der Waals surface area (Å²) in [5.41, 5.74) is 0.108. The number of amides is 1. The van der Waals surface area contributed by atoms with Crippen molar-refractivity contribution in [1.82, 2.24) is 4.90 Å². The van der Waals surface area contributed by atoms with Gasteiger partial charge in [0.15, 0.2) is 0 Å². The lowest BCUT2D eigenvalue weighted by Crippen LogP contribution is -2.31. The van der Waals surface area contributed by atoms with E-state index in [1.54, 1.807) is 11.0 Å². The number of carbonyl (C=O) groups excluding carboxylic acids is 1. The highest BCUT2D eigenvalue weighted by molar-refractivity contribution is 7.80. The first-order valence-electron chi connectivity index (χ1n) is 4.88. The Morgan fingerprint density at radius 2 is 2.00 bits per heavy atom. The predicted octanol–water partition coefficient (Wildman–Crippen LogP) is 2.60. The van der Waals surface area contributed by atoms with Crippen LogP contribution < -0.4 is 0 Å². The molecule has 0 N–H and O–H groups in total. The molecule has 2 nitrogen and oxygen atoms in total. The fourth-order valence-corrected chi connectivity index (χ4v) is 1.55. The molecule has 0 saturated heterocycles. The molecule has 0 aromatic heterocycles. The van der Waals surface area contributed by atoms with Crippen molar-refractivity contribution in [1.29, 1.82) is 0 Å². The number of carbonyl (C=O) groups is 1. The SMILES string of the molecule is CCN(CC)C(=O)c1ccc(S)cc1F. The molecule has 0 aliphatic rings. The normalized spacial score (nSPS) is 10.1. The molecule has 0 fully saturated rings. The van der Waals surface area contributed by atoms with E-state index in [2.05, 4.69) is 12.6 Å². The van der Waals surface area contributed by atoms with Crippen molar-refractivity contribution in [2.75, 3.05) is 13.1 Å². The number of hydrogen-bond acceptors (Lipinski definition) is 2. The van der Waals surface area contributed by atoms with Gasteiger partial charge in [-0.1, -0.05) is 0 Å². The van der Waals surface area contributed by atoms with Crippen LogP contribution in [0.15, 0.2) is 23.1 Å². The van der Waals surface area contributed by atoms with Crippen LogP contribution in [0, 0.1) is 5.82 Å². The Morgan fingerprint density at radius 1 is 1.40 bits per heavy atom. The predicted molar refractivity (Wildman–Crippen MR) is 60.9 cm³/mol. The largest absolute Gasteiger partial charge is 0.339 e. The van der Waals surface area contributed by atoms with Crippen LogP contribution in [0.5, 0.6) is 0 Å². The molecule has 4 heteroatoms. The van der Waals surface area contributed by atoms with Gasteiger partial charge in [0.1, 0.15) is 5.82 Å². The zero-order valence-electron chi connectivity index (χ0n) is 8.83. The number of hydrogen-bond donors (Lipinski definition) is 1. The fourth-order valence-electron chi connectivity index (χ4n) is 1.36. The molecule has 0 saturated carbocycles. The Labute approximate surface area is 94.5 Å². The summed E-state index contributed by atoms with van der Waals surface area (Å²) in [6.45, 7) is 4.90. The van der Waals surface area contributed by atoms with Gasteiger partial charge in [-0.15, -0.1) is 12.6 Å². The molecular weight excluding hydrogens is 213 g/mol. The molecule has 1 amide bonds. The molecule has 0 atom stereocenters. The van der Waals surface area contributed by atoms with Gasteiger partial charge < -0.3 is 4.90 Å². The van der Waals surface area contributed by atoms with E-state index in [1.807, 2.05) is 13.8 Å². The van der Waals surface area contributed by atoms with Gasteiger partial charge in [0.25, 0.3) is 5.91 Å². The molecule has 0 spiro atoms. The Balaban J connectivity index is 3.00. The average Bonchev–Trinajstić information content (AvgIpc) is 2.19. The van der Waals surface area contributed by atoms with Crippen molar-refractivity contribution in [2.24, 2.45) is 0 Å². The van der Waals surface area contributed by atoms with E-state index in [9.17, 15) is 9.18 Å². The number of thiol groups is 1. The van der Waals surface area contributed by atoms with E-state index < -0.39 is 5.82 Å². The zero-order chi connectivity index (χ0) is 11.4. The Morgan fingerprint density at radius 3 is 2.47 bits per heavy atom. The van der Waals surface area contributed by atoms with Crippen molar-refractivity contribution >= 4 is 18.5 Å².